The lowest BCUT2D eigenvalue weighted by Crippen LogP contribution is -2.43. The van der Waals surface area contributed by atoms with Crippen LogP contribution in [0, 0.1) is 0 Å². The van der Waals surface area contributed by atoms with Crippen molar-refractivity contribution in [3.63, 3.8) is 0 Å². The average molecular weight is 361 g/mol. The van der Waals surface area contributed by atoms with Gasteiger partial charge in [-0.15, -0.1) is 11.3 Å². The molecule has 1 saturated heterocycles. The monoisotopic (exact) mass is 360 g/mol. The van der Waals surface area contributed by atoms with E-state index in [2.05, 4.69) is 15.9 Å². The highest BCUT2D eigenvalue weighted by molar-refractivity contribution is 9.10. The van der Waals surface area contributed by atoms with E-state index in [-0.39, 0.29) is 12.5 Å². The molecule has 0 unspecified atom stereocenters. The van der Waals surface area contributed by atoms with Crippen LogP contribution in [0.5, 0.6) is 0 Å². The van der Waals surface area contributed by atoms with Gasteiger partial charge in [0.2, 0.25) is 5.91 Å². The number of likely N-dealkylation sites (N-methyl/N-ethyl adjacent to an activating group) is 1. The van der Waals surface area contributed by atoms with Crippen molar-refractivity contribution in [3.8, 4) is 0 Å². The fourth-order valence-electron chi connectivity index (χ4n) is 2.35. The van der Waals surface area contributed by atoms with Crippen molar-refractivity contribution in [2.45, 2.75) is 25.4 Å². The summed E-state index contributed by atoms with van der Waals surface area (Å²) in [6.45, 7) is 1.42. The molecule has 2 heterocycles. The summed E-state index contributed by atoms with van der Waals surface area (Å²) in [6, 6.07) is 1.48. The van der Waals surface area contributed by atoms with E-state index in [4.69, 9.17) is 5.11 Å². The maximum absolute atomic E-state index is 12.2. The molecule has 5 nitrogen and oxygen atoms in total. The number of hydrogen-bond donors (Lipinski definition) is 1. The zero-order valence-electron chi connectivity index (χ0n) is 11.2. The first kappa shape index (κ1) is 15.5. The van der Waals surface area contributed by atoms with E-state index in [9.17, 15) is 9.59 Å². The Hall–Kier alpha value is -0.920. The van der Waals surface area contributed by atoms with Crippen LogP contribution in [0.3, 0.4) is 0 Å². The van der Waals surface area contributed by atoms with Gasteiger partial charge in [-0.1, -0.05) is 0 Å². The van der Waals surface area contributed by atoms with Gasteiger partial charge in [0, 0.05) is 21.8 Å². The van der Waals surface area contributed by atoms with Crippen molar-refractivity contribution in [1.82, 2.24) is 9.80 Å². The highest BCUT2D eigenvalue weighted by Crippen LogP contribution is 2.21. The lowest BCUT2D eigenvalue weighted by molar-refractivity contribution is -0.143. The van der Waals surface area contributed by atoms with Gasteiger partial charge in [-0.3, -0.25) is 14.5 Å². The SMILES string of the molecule is CN(Cc1cc(Br)cs1)C(=O)CN1CCC[C@H]1C(=O)O. The summed E-state index contributed by atoms with van der Waals surface area (Å²) in [7, 11) is 1.75. The third-order valence-electron chi connectivity index (χ3n) is 3.43. The lowest BCUT2D eigenvalue weighted by Gasteiger charge is -2.24. The van der Waals surface area contributed by atoms with Crippen molar-refractivity contribution in [2.75, 3.05) is 20.1 Å². The predicted molar refractivity (Wildman–Crippen MR) is 80.7 cm³/mol. The second kappa shape index (κ2) is 6.69. The molecule has 0 aromatic carbocycles. The number of rotatable bonds is 5. The van der Waals surface area contributed by atoms with E-state index in [0.717, 1.165) is 15.8 Å². The van der Waals surface area contributed by atoms with Gasteiger partial charge in [0.15, 0.2) is 0 Å². The quantitative estimate of drug-likeness (QED) is 0.872. The van der Waals surface area contributed by atoms with Gasteiger partial charge in [0.05, 0.1) is 13.1 Å². The molecule has 1 N–H and O–H groups in total. The summed E-state index contributed by atoms with van der Waals surface area (Å²) in [6.07, 6.45) is 1.47. The third kappa shape index (κ3) is 3.80. The minimum absolute atomic E-state index is 0.0392. The summed E-state index contributed by atoms with van der Waals surface area (Å²) < 4.78 is 1.02. The molecule has 1 amide bonds. The Labute approximate surface area is 130 Å². The molecule has 0 bridgehead atoms. The van der Waals surface area contributed by atoms with Crippen LogP contribution in [-0.2, 0) is 16.1 Å². The zero-order valence-corrected chi connectivity index (χ0v) is 13.6. The number of hydrogen-bond acceptors (Lipinski definition) is 4. The van der Waals surface area contributed by atoms with Crippen LogP contribution >= 0.6 is 27.3 Å². The molecule has 1 aromatic rings. The first-order valence-electron chi connectivity index (χ1n) is 6.41. The van der Waals surface area contributed by atoms with Crippen molar-refractivity contribution >= 4 is 39.1 Å². The number of aliphatic carboxylic acids is 1. The molecular formula is C13H17BrN2O3S. The molecule has 1 aliphatic heterocycles. The van der Waals surface area contributed by atoms with Crippen molar-refractivity contribution in [1.29, 1.82) is 0 Å². The molecule has 1 fully saturated rings. The summed E-state index contributed by atoms with van der Waals surface area (Å²) in [5.41, 5.74) is 0. The fourth-order valence-corrected chi connectivity index (χ4v) is 3.85. The standard InChI is InChI=1S/C13H17BrN2O3S/c1-15(6-10-5-9(14)8-20-10)12(17)7-16-4-2-3-11(16)13(18)19/h5,8,11H,2-4,6-7H2,1H3,(H,18,19)/t11-/m0/s1. The van der Waals surface area contributed by atoms with Gasteiger partial charge in [-0.05, 0) is 41.4 Å². The molecule has 2 rings (SSSR count). The van der Waals surface area contributed by atoms with Gasteiger partial charge >= 0.3 is 5.97 Å². The Morgan fingerprint density at radius 1 is 1.60 bits per heavy atom. The predicted octanol–water partition coefficient (Wildman–Crippen LogP) is 2.02. The number of carboxylic acid groups (broad SMARTS) is 1. The summed E-state index contributed by atoms with van der Waals surface area (Å²) in [4.78, 5) is 27.8. The second-order valence-corrected chi connectivity index (χ2v) is 6.86. The van der Waals surface area contributed by atoms with Crippen molar-refractivity contribution < 1.29 is 14.7 Å². The molecule has 0 spiro atoms. The van der Waals surface area contributed by atoms with E-state index in [0.29, 0.717) is 19.5 Å². The number of carbonyl (C=O) groups is 2. The molecule has 7 heteroatoms. The Morgan fingerprint density at radius 3 is 2.95 bits per heavy atom. The van der Waals surface area contributed by atoms with Crippen molar-refractivity contribution in [3.05, 3.63) is 20.8 Å². The van der Waals surface area contributed by atoms with E-state index in [1.807, 2.05) is 11.4 Å². The zero-order chi connectivity index (χ0) is 14.7. The van der Waals surface area contributed by atoms with E-state index >= 15 is 0 Å². The van der Waals surface area contributed by atoms with Crippen LogP contribution in [0.4, 0.5) is 0 Å². The van der Waals surface area contributed by atoms with Gasteiger partial charge in [0.1, 0.15) is 6.04 Å². The average Bonchev–Trinajstić information content (AvgIpc) is 2.98. The van der Waals surface area contributed by atoms with E-state index in [1.165, 1.54) is 0 Å². The maximum Gasteiger partial charge on any atom is 0.320 e. The molecule has 1 aliphatic rings. The first-order chi connectivity index (χ1) is 9.47. The number of carbonyl (C=O) groups excluding carboxylic acids is 1. The fraction of sp³-hybridized carbons (Fsp3) is 0.538. The number of halogens is 1. The Morgan fingerprint density at radius 2 is 2.35 bits per heavy atom. The van der Waals surface area contributed by atoms with Crippen LogP contribution in [0.1, 0.15) is 17.7 Å². The number of likely N-dealkylation sites (tertiary alicyclic amines) is 1. The van der Waals surface area contributed by atoms with E-state index < -0.39 is 12.0 Å². The Balaban J connectivity index is 1.89. The van der Waals surface area contributed by atoms with Crippen molar-refractivity contribution in [2.24, 2.45) is 0 Å². The third-order valence-corrected chi connectivity index (χ3v) is 5.11. The number of carboxylic acids is 1. The molecule has 1 aromatic heterocycles. The van der Waals surface area contributed by atoms with Crippen LogP contribution in [0.2, 0.25) is 0 Å². The van der Waals surface area contributed by atoms with Gasteiger partial charge in [-0.2, -0.15) is 0 Å². The largest absolute Gasteiger partial charge is 0.480 e. The summed E-state index contributed by atoms with van der Waals surface area (Å²) >= 11 is 4.98. The van der Waals surface area contributed by atoms with Crippen LogP contribution < -0.4 is 0 Å². The van der Waals surface area contributed by atoms with Crippen LogP contribution in [-0.4, -0.2) is 53.0 Å². The molecule has 0 aliphatic carbocycles. The summed E-state index contributed by atoms with van der Waals surface area (Å²) in [5, 5.41) is 11.1. The molecule has 0 saturated carbocycles. The second-order valence-electron chi connectivity index (χ2n) is 4.95. The first-order valence-corrected chi connectivity index (χ1v) is 8.08. The molecule has 0 radical (unpaired) electrons. The number of amides is 1. The minimum atomic E-state index is -0.833. The molecule has 110 valence electrons. The number of nitrogens with zero attached hydrogens (tertiary/aromatic N) is 2. The molecule has 1 atom stereocenters. The summed E-state index contributed by atoms with van der Waals surface area (Å²) in [5.74, 6) is -0.872. The van der Waals surface area contributed by atoms with Crippen LogP contribution in [0.25, 0.3) is 0 Å². The highest BCUT2D eigenvalue weighted by Gasteiger charge is 2.32. The number of thiophene rings is 1. The highest BCUT2D eigenvalue weighted by atomic mass is 79.9. The van der Waals surface area contributed by atoms with Gasteiger partial charge in [0.25, 0.3) is 0 Å². The molecular weight excluding hydrogens is 344 g/mol. The Kier molecular flexibility index (Phi) is 5.17. The maximum atomic E-state index is 12.2. The lowest BCUT2D eigenvalue weighted by atomic mass is 10.2. The van der Waals surface area contributed by atoms with Gasteiger partial charge in [-0.25, -0.2) is 0 Å². The minimum Gasteiger partial charge on any atom is -0.480 e. The van der Waals surface area contributed by atoms with Crippen LogP contribution in [0.15, 0.2) is 15.9 Å². The normalized spacial score (nSPS) is 19.2. The topological polar surface area (TPSA) is 60.9 Å². The van der Waals surface area contributed by atoms with E-state index in [1.54, 1.807) is 28.2 Å². The smallest absolute Gasteiger partial charge is 0.320 e. The van der Waals surface area contributed by atoms with Gasteiger partial charge < -0.3 is 10.0 Å². The molecule has 20 heavy (non-hydrogen) atoms. The Bertz CT molecular complexity index is 506.